The van der Waals surface area contributed by atoms with Gasteiger partial charge >= 0.3 is 0 Å². The highest BCUT2D eigenvalue weighted by Gasteiger charge is 2.11. The molecule has 0 saturated carbocycles. The minimum atomic E-state index is -0.326. The van der Waals surface area contributed by atoms with Gasteiger partial charge in [-0.25, -0.2) is 5.43 Å². The third kappa shape index (κ3) is 4.95. The number of rotatable bonds is 7. The van der Waals surface area contributed by atoms with E-state index in [0.29, 0.717) is 17.9 Å². The van der Waals surface area contributed by atoms with Crippen LogP contribution in [0.4, 0.5) is 0 Å². The summed E-state index contributed by atoms with van der Waals surface area (Å²) in [5.74, 6) is 0.960. The number of hydrogen-bond acceptors (Lipinski definition) is 4. The molecular weight excluding hydrogens is 400 g/mol. The topological polar surface area (TPSA) is 59.9 Å². The van der Waals surface area contributed by atoms with E-state index >= 15 is 0 Å². The molecule has 0 radical (unpaired) electrons. The maximum Gasteiger partial charge on any atom is 0.275 e. The van der Waals surface area contributed by atoms with E-state index in [1.807, 2.05) is 61.5 Å². The molecule has 0 saturated heterocycles. The van der Waals surface area contributed by atoms with Crippen LogP contribution in [-0.2, 0) is 6.61 Å². The predicted octanol–water partition coefficient (Wildman–Crippen LogP) is 5.50. The molecule has 4 aromatic rings. The van der Waals surface area contributed by atoms with Crippen LogP contribution in [0, 0.1) is 6.92 Å². The Balaban J connectivity index is 1.35. The highest BCUT2D eigenvalue weighted by Crippen LogP contribution is 2.21. The van der Waals surface area contributed by atoms with Crippen molar-refractivity contribution in [2.24, 2.45) is 5.10 Å². The molecule has 5 nitrogen and oxygen atoms in total. The summed E-state index contributed by atoms with van der Waals surface area (Å²) in [6, 6.07) is 27.4. The first-order valence-electron chi connectivity index (χ1n) is 10.3. The van der Waals surface area contributed by atoms with Gasteiger partial charge in [-0.05, 0) is 70.8 Å². The second kappa shape index (κ2) is 9.79. The molecular formula is C27H24N2O3. The Labute approximate surface area is 187 Å². The Morgan fingerprint density at radius 2 is 1.75 bits per heavy atom. The van der Waals surface area contributed by atoms with E-state index in [1.165, 1.54) is 10.8 Å². The van der Waals surface area contributed by atoms with Gasteiger partial charge in [0.1, 0.15) is 18.1 Å². The van der Waals surface area contributed by atoms with Crippen molar-refractivity contribution in [1.82, 2.24) is 5.43 Å². The lowest BCUT2D eigenvalue weighted by molar-refractivity contribution is 0.0952. The largest absolute Gasteiger partial charge is 0.496 e. The van der Waals surface area contributed by atoms with Crippen LogP contribution in [0.1, 0.15) is 27.0 Å². The molecule has 0 aliphatic carbocycles. The number of nitrogens with one attached hydrogen (secondary N) is 1. The van der Waals surface area contributed by atoms with Crippen molar-refractivity contribution >= 4 is 22.9 Å². The van der Waals surface area contributed by atoms with Crippen LogP contribution in [-0.4, -0.2) is 19.2 Å². The SMILES string of the molecule is COc1cc(C)ccc1C(=O)N/N=C\c1ccc(OCc2cccc3ccccc23)cc1. The van der Waals surface area contributed by atoms with Crippen LogP contribution in [0.5, 0.6) is 11.5 Å². The Morgan fingerprint density at radius 1 is 0.969 bits per heavy atom. The van der Waals surface area contributed by atoms with Crippen molar-refractivity contribution in [3.8, 4) is 11.5 Å². The highest BCUT2D eigenvalue weighted by molar-refractivity contribution is 5.97. The average molecular weight is 425 g/mol. The van der Waals surface area contributed by atoms with Gasteiger partial charge in [-0.15, -0.1) is 0 Å². The molecule has 1 amide bonds. The number of amides is 1. The summed E-state index contributed by atoms with van der Waals surface area (Å²) in [6.45, 7) is 2.43. The monoisotopic (exact) mass is 424 g/mol. The van der Waals surface area contributed by atoms with Crippen molar-refractivity contribution in [3.05, 3.63) is 107 Å². The zero-order valence-corrected chi connectivity index (χ0v) is 18.0. The van der Waals surface area contributed by atoms with Crippen LogP contribution in [0.15, 0.2) is 90.0 Å². The first-order chi connectivity index (χ1) is 15.6. The van der Waals surface area contributed by atoms with Gasteiger partial charge in [0.25, 0.3) is 5.91 Å². The smallest absolute Gasteiger partial charge is 0.275 e. The summed E-state index contributed by atoms with van der Waals surface area (Å²) in [7, 11) is 1.54. The molecule has 0 aliphatic rings. The summed E-state index contributed by atoms with van der Waals surface area (Å²) in [6.07, 6.45) is 1.59. The molecule has 0 bridgehead atoms. The number of ether oxygens (including phenoxy) is 2. The summed E-state index contributed by atoms with van der Waals surface area (Å²) < 4.78 is 11.2. The minimum absolute atomic E-state index is 0.326. The van der Waals surface area contributed by atoms with Crippen molar-refractivity contribution in [2.75, 3.05) is 7.11 Å². The second-order valence-corrected chi connectivity index (χ2v) is 7.40. The number of methoxy groups -OCH3 is 1. The Morgan fingerprint density at radius 3 is 2.56 bits per heavy atom. The van der Waals surface area contributed by atoms with Crippen LogP contribution in [0.2, 0.25) is 0 Å². The van der Waals surface area contributed by atoms with Crippen LogP contribution < -0.4 is 14.9 Å². The number of nitrogens with zero attached hydrogens (tertiary/aromatic N) is 1. The van der Waals surface area contributed by atoms with E-state index in [2.05, 4.69) is 34.8 Å². The molecule has 32 heavy (non-hydrogen) atoms. The summed E-state index contributed by atoms with van der Waals surface area (Å²) >= 11 is 0. The molecule has 5 heteroatoms. The fourth-order valence-corrected chi connectivity index (χ4v) is 3.44. The standard InChI is InChI=1S/C27H24N2O3/c1-19-10-15-25(26(16-19)31-2)27(30)29-28-17-20-11-13-23(14-12-20)32-18-22-8-5-7-21-6-3-4-9-24(21)22/h3-17H,18H2,1-2H3,(H,29,30)/b28-17-. The van der Waals surface area contributed by atoms with Crippen molar-refractivity contribution in [3.63, 3.8) is 0 Å². The van der Waals surface area contributed by atoms with Crippen molar-refractivity contribution in [2.45, 2.75) is 13.5 Å². The highest BCUT2D eigenvalue weighted by atomic mass is 16.5. The van der Waals surface area contributed by atoms with E-state index in [0.717, 1.165) is 22.4 Å². The zero-order chi connectivity index (χ0) is 22.3. The zero-order valence-electron chi connectivity index (χ0n) is 18.0. The molecule has 0 heterocycles. The molecule has 4 aromatic carbocycles. The van der Waals surface area contributed by atoms with Gasteiger partial charge in [-0.2, -0.15) is 5.10 Å². The second-order valence-electron chi connectivity index (χ2n) is 7.40. The van der Waals surface area contributed by atoms with Gasteiger partial charge < -0.3 is 9.47 Å². The molecule has 0 spiro atoms. The van der Waals surface area contributed by atoms with Gasteiger partial charge in [0.15, 0.2) is 0 Å². The average Bonchev–Trinajstić information content (AvgIpc) is 2.83. The van der Waals surface area contributed by atoms with Crippen molar-refractivity contribution < 1.29 is 14.3 Å². The summed E-state index contributed by atoms with van der Waals surface area (Å²) in [5.41, 5.74) is 5.98. The van der Waals surface area contributed by atoms with Gasteiger partial charge in [0.2, 0.25) is 0 Å². The van der Waals surface area contributed by atoms with Crippen LogP contribution >= 0.6 is 0 Å². The van der Waals surface area contributed by atoms with E-state index in [-0.39, 0.29) is 5.91 Å². The number of hydrazone groups is 1. The van der Waals surface area contributed by atoms with Gasteiger partial charge in [-0.3, -0.25) is 4.79 Å². The fourth-order valence-electron chi connectivity index (χ4n) is 3.44. The lowest BCUT2D eigenvalue weighted by Crippen LogP contribution is -2.18. The van der Waals surface area contributed by atoms with Gasteiger partial charge in [-0.1, -0.05) is 48.5 Å². The van der Waals surface area contributed by atoms with E-state index in [1.54, 1.807) is 19.4 Å². The van der Waals surface area contributed by atoms with Gasteiger partial charge in [0, 0.05) is 0 Å². The van der Waals surface area contributed by atoms with Gasteiger partial charge in [0.05, 0.1) is 18.9 Å². The number of aryl methyl sites for hydroxylation is 1. The van der Waals surface area contributed by atoms with E-state index in [4.69, 9.17) is 9.47 Å². The minimum Gasteiger partial charge on any atom is -0.496 e. The molecule has 0 unspecified atom stereocenters. The van der Waals surface area contributed by atoms with E-state index < -0.39 is 0 Å². The molecule has 0 aromatic heterocycles. The predicted molar refractivity (Wildman–Crippen MR) is 128 cm³/mol. The maximum atomic E-state index is 12.4. The molecule has 4 rings (SSSR count). The number of benzene rings is 4. The van der Waals surface area contributed by atoms with Crippen molar-refractivity contribution in [1.29, 1.82) is 0 Å². The van der Waals surface area contributed by atoms with E-state index in [9.17, 15) is 4.79 Å². The number of carbonyl (C=O) groups excluding carboxylic acids is 1. The Bertz CT molecular complexity index is 1260. The molecule has 0 aliphatic heterocycles. The lowest BCUT2D eigenvalue weighted by Gasteiger charge is -2.09. The quantitative estimate of drug-likeness (QED) is 0.315. The molecule has 0 atom stereocenters. The third-order valence-corrected chi connectivity index (χ3v) is 5.14. The third-order valence-electron chi connectivity index (χ3n) is 5.14. The Kier molecular flexibility index (Phi) is 6.46. The Hall–Kier alpha value is -4.12. The summed E-state index contributed by atoms with van der Waals surface area (Å²) in [5, 5.41) is 6.45. The van der Waals surface area contributed by atoms with Crippen LogP contribution in [0.3, 0.4) is 0 Å². The molecule has 0 fully saturated rings. The summed E-state index contributed by atoms with van der Waals surface area (Å²) in [4.78, 5) is 12.4. The lowest BCUT2D eigenvalue weighted by atomic mass is 10.1. The maximum absolute atomic E-state index is 12.4. The molecule has 160 valence electrons. The number of carbonyl (C=O) groups is 1. The normalized spacial score (nSPS) is 10.9. The first-order valence-corrected chi connectivity index (χ1v) is 10.3. The first kappa shape index (κ1) is 21.1. The molecule has 1 N–H and O–H groups in total. The number of hydrogen-bond donors (Lipinski definition) is 1. The van der Waals surface area contributed by atoms with Crippen LogP contribution in [0.25, 0.3) is 10.8 Å². The fraction of sp³-hybridized carbons (Fsp3) is 0.111. The number of fused-ring (bicyclic) bond motifs is 1.